The lowest BCUT2D eigenvalue weighted by atomic mass is 9.75. The fourth-order valence-electron chi connectivity index (χ4n) is 2.68. The summed E-state index contributed by atoms with van der Waals surface area (Å²) in [4.78, 5) is 15.7. The Morgan fingerprint density at radius 1 is 1.33 bits per heavy atom. The quantitative estimate of drug-likeness (QED) is 0.889. The smallest absolute Gasteiger partial charge is 0.373 e. The third-order valence-corrected chi connectivity index (χ3v) is 3.87. The fraction of sp³-hybridized carbons (Fsp3) is 0.714. The molecule has 0 radical (unpaired) electrons. The average Bonchev–Trinajstić information content (AvgIpc) is 2.75. The maximum atomic E-state index is 11.2. The molecule has 18 heavy (non-hydrogen) atoms. The number of rotatable bonds is 3. The summed E-state index contributed by atoms with van der Waals surface area (Å²) in [5.74, 6) is -0.312. The number of carboxylic acids is 1. The third kappa shape index (κ3) is 2.28. The third-order valence-electron chi connectivity index (χ3n) is 3.87. The van der Waals surface area contributed by atoms with Crippen molar-refractivity contribution in [2.75, 3.05) is 0 Å². The first-order valence-corrected chi connectivity index (χ1v) is 6.68. The van der Waals surface area contributed by atoms with Gasteiger partial charge >= 0.3 is 5.97 Å². The number of hydrogen-bond acceptors (Lipinski definition) is 3. The first kappa shape index (κ1) is 13.1. The van der Waals surface area contributed by atoms with Crippen LogP contribution in [0.2, 0.25) is 0 Å². The number of hydrogen-bond donors (Lipinski definition) is 1. The number of carboxylic acid groups (broad SMARTS) is 1. The molecular weight excluding hydrogens is 230 g/mol. The molecule has 0 aromatic carbocycles. The first-order chi connectivity index (χ1) is 8.44. The molecule has 1 aliphatic carbocycles. The molecule has 1 aromatic rings. The van der Waals surface area contributed by atoms with Gasteiger partial charge in [0.05, 0.1) is 5.69 Å². The van der Waals surface area contributed by atoms with E-state index < -0.39 is 5.97 Å². The Labute approximate surface area is 107 Å². The summed E-state index contributed by atoms with van der Waals surface area (Å²) in [6.45, 7) is 6.02. The van der Waals surface area contributed by atoms with Crippen LogP contribution in [0.15, 0.2) is 4.42 Å². The maximum Gasteiger partial charge on any atom is 0.373 e. The zero-order chi connectivity index (χ0) is 13.3. The van der Waals surface area contributed by atoms with Crippen molar-refractivity contribution < 1.29 is 14.3 Å². The number of carbonyl (C=O) groups is 1. The largest absolute Gasteiger partial charge is 0.475 e. The van der Waals surface area contributed by atoms with E-state index in [2.05, 4.69) is 11.9 Å². The van der Waals surface area contributed by atoms with Crippen molar-refractivity contribution in [2.45, 2.75) is 64.2 Å². The lowest BCUT2D eigenvalue weighted by molar-refractivity contribution is 0.0654. The lowest BCUT2D eigenvalue weighted by Crippen LogP contribution is -2.25. The molecule has 0 spiro atoms. The van der Waals surface area contributed by atoms with Gasteiger partial charge in [0, 0.05) is 5.41 Å². The van der Waals surface area contributed by atoms with Gasteiger partial charge in [0.1, 0.15) is 0 Å². The van der Waals surface area contributed by atoms with E-state index in [1.807, 2.05) is 13.8 Å². The van der Waals surface area contributed by atoms with Gasteiger partial charge in [-0.05, 0) is 18.8 Å². The van der Waals surface area contributed by atoms with Gasteiger partial charge in [-0.1, -0.05) is 40.0 Å². The number of oxazole rings is 1. The van der Waals surface area contributed by atoms with Crippen LogP contribution in [0.4, 0.5) is 0 Å². The number of aromatic nitrogens is 1. The molecule has 1 fully saturated rings. The Balaban J connectivity index is 2.39. The summed E-state index contributed by atoms with van der Waals surface area (Å²) in [6.07, 6.45) is 5.64. The molecule has 1 N–H and O–H groups in total. The number of aromatic carboxylic acids is 1. The molecule has 2 rings (SSSR count). The van der Waals surface area contributed by atoms with Crippen molar-refractivity contribution >= 4 is 5.97 Å². The van der Waals surface area contributed by atoms with Crippen molar-refractivity contribution in [3.05, 3.63) is 17.3 Å². The second-order valence-electron chi connectivity index (χ2n) is 5.81. The molecule has 0 aliphatic heterocycles. The highest BCUT2D eigenvalue weighted by molar-refractivity contribution is 5.85. The summed E-state index contributed by atoms with van der Waals surface area (Å²) < 4.78 is 5.57. The Morgan fingerprint density at radius 2 is 1.94 bits per heavy atom. The van der Waals surface area contributed by atoms with E-state index in [-0.39, 0.29) is 17.1 Å². The van der Waals surface area contributed by atoms with Gasteiger partial charge in [-0.2, -0.15) is 0 Å². The van der Waals surface area contributed by atoms with Crippen LogP contribution < -0.4 is 0 Å². The van der Waals surface area contributed by atoms with E-state index in [1.54, 1.807) is 0 Å². The Bertz CT molecular complexity index is 442. The van der Waals surface area contributed by atoms with Crippen LogP contribution in [0.1, 0.15) is 80.9 Å². The molecule has 4 nitrogen and oxygen atoms in total. The van der Waals surface area contributed by atoms with Crippen molar-refractivity contribution in [3.8, 4) is 0 Å². The maximum absolute atomic E-state index is 11.2. The van der Waals surface area contributed by atoms with Gasteiger partial charge in [0.25, 0.3) is 0 Å². The Kier molecular flexibility index (Phi) is 3.46. The minimum Gasteiger partial charge on any atom is -0.475 e. The molecule has 0 amide bonds. The zero-order valence-electron chi connectivity index (χ0n) is 11.3. The second-order valence-corrected chi connectivity index (χ2v) is 5.81. The van der Waals surface area contributed by atoms with Gasteiger partial charge in [0.2, 0.25) is 11.7 Å². The van der Waals surface area contributed by atoms with Crippen LogP contribution in [0.3, 0.4) is 0 Å². The summed E-state index contributed by atoms with van der Waals surface area (Å²) in [7, 11) is 0. The first-order valence-electron chi connectivity index (χ1n) is 6.68. The predicted octanol–water partition coefficient (Wildman–Crippen LogP) is 3.72. The van der Waals surface area contributed by atoms with Crippen molar-refractivity contribution in [2.24, 2.45) is 0 Å². The summed E-state index contributed by atoms with van der Waals surface area (Å²) >= 11 is 0. The van der Waals surface area contributed by atoms with Gasteiger partial charge in [-0.25, -0.2) is 9.78 Å². The molecule has 1 aromatic heterocycles. The molecule has 100 valence electrons. The standard InChI is InChI=1S/C14H21NO3/c1-9(2)10-11(12(16)17)18-13(15-10)14(3)7-5-4-6-8-14/h9H,4-8H2,1-3H3,(H,16,17). The van der Waals surface area contributed by atoms with Crippen LogP contribution >= 0.6 is 0 Å². The molecule has 1 heterocycles. The van der Waals surface area contributed by atoms with Gasteiger partial charge < -0.3 is 9.52 Å². The van der Waals surface area contributed by atoms with Crippen molar-refractivity contribution in [1.82, 2.24) is 4.98 Å². The van der Waals surface area contributed by atoms with E-state index in [0.29, 0.717) is 11.6 Å². The molecule has 0 saturated heterocycles. The predicted molar refractivity (Wildman–Crippen MR) is 68.0 cm³/mol. The highest BCUT2D eigenvalue weighted by atomic mass is 16.4. The van der Waals surface area contributed by atoms with E-state index in [0.717, 1.165) is 25.7 Å². The van der Waals surface area contributed by atoms with Crippen LogP contribution in [-0.2, 0) is 5.41 Å². The lowest BCUT2D eigenvalue weighted by Gasteiger charge is -2.30. The molecule has 0 atom stereocenters. The van der Waals surface area contributed by atoms with Gasteiger partial charge in [0.15, 0.2) is 0 Å². The normalized spacial score (nSPS) is 19.1. The Morgan fingerprint density at radius 3 is 2.39 bits per heavy atom. The topological polar surface area (TPSA) is 63.3 Å². The SMILES string of the molecule is CC(C)c1nc(C2(C)CCCCC2)oc1C(=O)O. The highest BCUT2D eigenvalue weighted by Crippen LogP contribution is 2.39. The van der Waals surface area contributed by atoms with Gasteiger partial charge in [-0.15, -0.1) is 0 Å². The molecule has 1 saturated carbocycles. The van der Waals surface area contributed by atoms with Crippen molar-refractivity contribution in [1.29, 1.82) is 0 Å². The summed E-state index contributed by atoms with van der Waals surface area (Å²) in [5.41, 5.74) is 0.486. The Hall–Kier alpha value is -1.32. The van der Waals surface area contributed by atoms with E-state index in [1.165, 1.54) is 6.42 Å². The van der Waals surface area contributed by atoms with Gasteiger partial charge in [-0.3, -0.25) is 0 Å². The van der Waals surface area contributed by atoms with E-state index in [9.17, 15) is 9.90 Å². The monoisotopic (exact) mass is 251 g/mol. The molecular formula is C14H21NO3. The zero-order valence-corrected chi connectivity index (χ0v) is 11.3. The van der Waals surface area contributed by atoms with E-state index in [4.69, 9.17) is 4.42 Å². The highest BCUT2D eigenvalue weighted by Gasteiger charge is 2.36. The minimum atomic E-state index is -1.02. The van der Waals surface area contributed by atoms with Crippen LogP contribution in [-0.4, -0.2) is 16.1 Å². The van der Waals surface area contributed by atoms with E-state index >= 15 is 0 Å². The molecule has 1 aliphatic rings. The fourth-order valence-corrected chi connectivity index (χ4v) is 2.68. The number of nitrogens with zero attached hydrogens (tertiary/aromatic N) is 1. The van der Waals surface area contributed by atoms with Crippen LogP contribution in [0.25, 0.3) is 0 Å². The average molecular weight is 251 g/mol. The summed E-state index contributed by atoms with van der Waals surface area (Å²) in [6, 6.07) is 0. The molecule has 4 heteroatoms. The summed E-state index contributed by atoms with van der Waals surface area (Å²) in [5, 5.41) is 9.18. The van der Waals surface area contributed by atoms with Crippen molar-refractivity contribution in [3.63, 3.8) is 0 Å². The molecule has 0 bridgehead atoms. The molecule has 0 unspecified atom stereocenters. The van der Waals surface area contributed by atoms with Crippen LogP contribution in [0.5, 0.6) is 0 Å². The second kappa shape index (κ2) is 4.75. The van der Waals surface area contributed by atoms with Crippen LogP contribution in [0, 0.1) is 0 Å². The minimum absolute atomic E-state index is 0.0202.